The molecule has 0 bridgehead atoms. The number of methoxy groups -OCH3 is 1. The highest BCUT2D eigenvalue weighted by atomic mass is 35.5. The van der Waals surface area contributed by atoms with Crippen LogP contribution < -0.4 is 9.47 Å². The zero-order valence-electron chi connectivity index (χ0n) is 20.7. The van der Waals surface area contributed by atoms with Crippen LogP contribution in [0.1, 0.15) is 39.1 Å². The van der Waals surface area contributed by atoms with E-state index in [9.17, 15) is 9.59 Å². The van der Waals surface area contributed by atoms with Crippen LogP contribution in [0.5, 0.6) is 11.5 Å². The van der Waals surface area contributed by atoms with Gasteiger partial charge in [-0.15, -0.1) is 0 Å². The molecule has 0 fully saturated rings. The van der Waals surface area contributed by atoms with E-state index in [1.165, 1.54) is 0 Å². The van der Waals surface area contributed by atoms with E-state index in [2.05, 4.69) is 0 Å². The maximum absolute atomic E-state index is 13.9. The molecular formula is C29H31ClN2O4. The normalized spacial score (nSPS) is 16.9. The zero-order valence-corrected chi connectivity index (χ0v) is 21.4. The van der Waals surface area contributed by atoms with Crippen LogP contribution in [0.2, 0.25) is 5.02 Å². The monoisotopic (exact) mass is 506 g/mol. The number of ether oxygens (including phenoxy) is 2. The summed E-state index contributed by atoms with van der Waals surface area (Å²) in [5.74, 6) is 0.766. The van der Waals surface area contributed by atoms with Gasteiger partial charge < -0.3 is 19.3 Å². The number of amides is 2. The van der Waals surface area contributed by atoms with E-state index in [1.54, 1.807) is 49.4 Å². The van der Waals surface area contributed by atoms with Crippen molar-refractivity contribution in [1.82, 2.24) is 9.80 Å². The number of hydrogen-bond donors (Lipinski definition) is 0. The minimum Gasteiger partial charge on any atom is -0.496 e. The largest absolute Gasteiger partial charge is 0.496 e. The molecule has 0 saturated heterocycles. The van der Waals surface area contributed by atoms with Crippen molar-refractivity contribution in [3.05, 3.63) is 94.5 Å². The molecule has 2 amide bonds. The van der Waals surface area contributed by atoms with Crippen molar-refractivity contribution in [2.45, 2.75) is 25.3 Å². The van der Waals surface area contributed by atoms with Gasteiger partial charge in [0.05, 0.1) is 24.3 Å². The number of halogens is 1. The maximum Gasteiger partial charge on any atom is 0.257 e. The molecule has 0 aromatic heterocycles. The van der Waals surface area contributed by atoms with Crippen molar-refractivity contribution >= 4 is 23.4 Å². The summed E-state index contributed by atoms with van der Waals surface area (Å²) < 4.78 is 11.8. The lowest BCUT2D eigenvalue weighted by molar-refractivity contribution is 0.0587. The lowest BCUT2D eigenvalue weighted by Gasteiger charge is -2.33. The summed E-state index contributed by atoms with van der Waals surface area (Å²) in [6.07, 6.45) is 2.11. The smallest absolute Gasteiger partial charge is 0.257 e. The first-order valence-corrected chi connectivity index (χ1v) is 12.5. The molecule has 188 valence electrons. The summed E-state index contributed by atoms with van der Waals surface area (Å²) in [7, 11) is 3.34. The number of hydrogen-bond acceptors (Lipinski definition) is 4. The van der Waals surface area contributed by atoms with E-state index in [0.717, 1.165) is 18.4 Å². The quantitative estimate of drug-likeness (QED) is 0.479. The van der Waals surface area contributed by atoms with Crippen molar-refractivity contribution < 1.29 is 19.1 Å². The number of para-hydroxylation sites is 1. The molecule has 3 aromatic rings. The lowest BCUT2D eigenvalue weighted by atomic mass is 10.0. The summed E-state index contributed by atoms with van der Waals surface area (Å²) in [4.78, 5) is 30.6. The molecule has 1 aliphatic heterocycles. The van der Waals surface area contributed by atoms with Crippen LogP contribution in [-0.2, 0) is 6.42 Å². The minimum atomic E-state index is -0.263. The van der Waals surface area contributed by atoms with Gasteiger partial charge in [-0.25, -0.2) is 0 Å². The van der Waals surface area contributed by atoms with Crippen molar-refractivity contribution in [1.29, 1.82) is 0 Å². The molecule has 1 aliphatic rings. The molecule has 6 nitrogen and oxygen atoms in total. The van der Waals surface area contributed by atoms with Gasteiger partial charge in [0, 0.05) is 25.2 Å². The molecule has 4 rings (SSSR count). The first-order chi connectivity index (χ1) is 17.5. The third-order valence-electron chi connectivity index (χ3n) is 6.45. The van der Waals surface area contributed by atoms with Crippen molar-refractivity contribution in [2.24, 2.45) is 0 Å². The molecule has 0 aliphatic carbocycles. The summed E-state index contributed by atoms with van der Waals surface area (Å²) in [5.41, 5.74) is 2.04. The van der Waals surface area contributed by atoms with E-state index in [4.69, 9.17) is 21.1 Å². The fourth-order valence-electron chi connectivity index (χ4n) is 4.49. The number of carbonyl (C=O) groups is 2. The molecule has 36 heavy (non-hydrogen) atoms. The lowest BCUT2D eigenvalue weighted by Crippen LogP contribution is -2.46. The van der Waals surface area contributed by atoms with E-state index in [1.807, 2.05) is 47.4 Å². The third kappa shape index (κ3) is 6.00. The Balaban J connectivity index is 1.73. The van der Waals surface area contributed by atoms with Gasteiger partial charge in [-0.3, -0.25) is 9.59 Å². The Hall–Kier alpha value is -3.51. The fraction of sp³-hybridized carbons (Fsp3) is 0.310. The standard InChI is InChI=1S/C29H31ClN2O4/c1-31-16-8-9-17-32(29(34)24-12-6-7-13-26(24)35-2)23(18-21-10-4-3-5-11-21)20-36-27-15-14-22(30)19-25(27)28(31)33/h3-7,10-15,19,23H,8-9,16-18,20H2,1-2H3/t23-/m0/s1. The SMILES string of the molecule is COc1ccccc1C(=O)N1CCCCN(C)C(=O)c2cc(Cl)ccc2OC[C@@H]1Cc1ccccc1. The third-order valence-corrected chi connectivity index (χ3v) is 6.68. The maximum atomic E-state index is 13.9. The predicted octanol–water partition coefficient (Wildman–Crippen LogP) is 5.35. The number of nitrogens with zero attached hydrogens (tertiary/aromatic N) is 2. The van der Waals surface area contributed by atoms with Crippen LogP contribution in [0.3, 0.4) is 0 Å². The van der Waals surface area contributed by atoms with Crippen LogP contribution in [-0.4, -0.2) is 61.5 Å². The van der Waals surface area contributed by atoms with Crippen LogP contribution in [0.25, 0.3) is 0 Å². The van der Waals surface area contributed by atoms with E-state index >= 15 is 0 Å². The number of benzene rings is 3. The Morgan fingerprint density at radius 2 is 1.75 bits per heavy atom. The minimum absolute atomic E-state index is 0.102. The first-order valence-electron chi connectivity index (χ1n) is 12.1. The van der Waals surface area contributed by atoms with Gasteiger partial charge in [0.25, 0.3) is 11.8 Å². The van der Waals surface area contributed by atoms with Crippen molar-refractivity contribution in [3.8, 4) is 11.5 Å². The highest BCUT2D eigenvalue weighted by Crippen LogP contribution is 2.27. The van der Waals surface area contributed by atoms with Crippen LogP contribution >= 0.6 is 11.6 Å². The predicted molar refractivity (Wildman–Crippen MR) is 141 cm³/mol. The van der Waals surface area contributed by atoms with Crippen molar-refractivity contribution in [2.75, 3.05) is 33.9 Å². The van der Waals surface area contributed by atoms with E-state index in [0.29, 0.717) is 47.2 Å². The van der Waals surface area contributed by atoms with Crippen LogP contribution in [0.4, 0.5) is 0 Å². The molecular weight excluding hydrogens is 476 g/mol. The molecule has 0 saturated carbocycles. The van der Waals surface area contributed by atoms with Crippen molar-refractivity contribution in [3.63, 3.8) is 0 Å². The average Bonchev–Trinajstić information content (AvgIpc) is 2.90. The summed E-state index contributed by atoms with van der Waals surface area (Å²) in [6.45, 7) is 1.32. The highest BCUT2D eigenvalue weighted by Gasteiger charge is 2.29. The topological polar surface area (TPSA) is 59.1 Å². The molecule has 7 heteroatoms. The van der Waals surface area contributed by atoms with Crippen LogP contribution in [0, 0.1) is 0 Å². The molecule has 0 spiro atoms. The van der Waals surface area contributed by atoms with Gasteiger partial charge in [-0.1, -0.05) is 54.1 Å². The highest BCUT2D eigenvalue weighted by molar-refractivity contribution is 6.31. The second-order valence-electron chi connectivity index (χ2n) is 8.93. The second-order valence-corrected chi connectivity index (χ2v) is 9.36. The van der Waals surface area contributed by atoms with Gasteiger partial charge in [0.15, 0.2) is 0 Å². The Labute approximate surface area is 217 Å². The second kappa shape index (κ2) is 12.0. The molecule has 1 atom stereocenters. The zero-order chi connectivity index (χ0) is 25.5. The Morgan fingerprint density at radius 1 is 1.03 bits per heavy atom. The van der Waals surface area contributed by atoms with Gasteiger partial charge in [-0.05, 0) is 55.2 Å². The van der Waals surface area contributed by atoms with E-state index < -0.39 is 0 Å². The first kappa shape index (κ1) is 25.6. The van der Waals surface area contributed by atoms with Gasteiger partial charge in [0.1, 0.15) is 18.1 Å². The molecule has 1 heterocycles. The molecule has 3 aromatic carbocycles. The fourth-order valence-corrected chi connectivity index (χ4v) is 4.66. The summed E-state index contributed by atoms with van der Waals surface area (Å²) >= 11 is 6.22. The molecule has 0 N–H and O–H groups in total. The number of rotatable bonds is 4. The molecule has 0 unspecified atom stereocenters. The number of carbonyl (C=O) groups excluding carboxylic acids is 2. The average molecular weight is 507 g/mol. The summed E-state index contributed by atoms with van der Waals surface area (Å²) in [5, 5.41) is 0.472. The Bertz CT molecular complexity index is 1200. The number of fused-ring (bicyclic) bond motifs is 1. The van der Waals surface area contributed by atoms with Gasteiger partial charge >= 0.3 is 0 Å². The molecule has 0 radical (unpaired) electrons. The van der Waals surface area contributed by atoms with Gasteiger partial charge in [-0.2, -0.15) is 0 Å². The Kier molecular flexibility index (Phi) is 8.49. The van der Waals surface area contributed by atoms with Gasteiger partial charge in [0.2, 0.25) is 0 Å². The Morgan fingerprint density at radius 3 is 2.53 bits per heavy atom. The van der Waals surface area contributed by atoms with E-state index in [-0.39, 0.29) is 24.5 Å². The van der Waals surface area contributed by atoms with Crippen LogP contribution in [0.15, 0.2) is 72.8 Å². The summed E-state index contributed by atoms with van der Waals surface area (Å²) in [6, 6.07) is 22.2.